The van der Waals surface area contributed by atoms with Crippen molar-refractivity contribution in [3.05, 3.63) is 0 Å². The topological polar surface area (TPSA) is 38.3 Å². The molecule has 0 saturated carbocycles. The molecule has 1 rings (SSSR count). The molecule has 0 aromatic heterocycles. The quantitative estimate of drug-likeness (QED) is 0.462. The van der Waals surface area contributed by atoms with Crippen LogP contribution in [0.25, 0.3) is 0 Å². The molecular weight excluding hydrogens is 305 g/mol. The van der Waals surface area contributed by atoms with Crippen LogP contribution < -0.4 is 5.32 Å². The number of hydrogen-bond donors (Lipinski definition) is 1. The first kappa shape index (κ1) is 13.2. The Kier molecular flexibility index (Phi) is 6.56. The zero-order valence-corrected chi connectivity index (χ0v) is 11.5. The Labute approximate surface area is 105 Å². The van der Waals surface area contributed by atoms with Crippen molar-refractivity contribution in [1.82, 2.24) is 5.32 Å². The summed E-state index contributed by atoms with van der Waals surface area (Å²) in [5.41, 5.74) is 0. The van der Waals surface area contributed by atoms with E-state index >= 15 is 0 Å². The number of rotatable bonds is 6. The Morgan fingerprint density at radius 1 is 1.53 bits per heavy atom. The van der Waals surface area contributed by atoms with Crippen LogP contribution in [0.2, 0.25) is 0 Å². The predicted octanol–water partition coefficient (Wildman–Crippen LogP) is 2.13. The van der Waals surface area contributed by atoms with Crippen LogP contribution in [0, 0.1) is 5.92 Å². The molecule has 1 N–H and O–H groups in total. The third kappa shape index (κ3) is 4.26. The number of unbranched alkanes of at least 4 members (excludes halogenated alkanes) is 1. The fourth-order valence-corrected chi connectivity index (χ4v) is 2.45. The van der Waals surface area contributed by atoms with Gasteiger partial charge in [-0.25, -0.2) is 0 Å². The van der Waals surface area contributed by atoms with Gasteiger partial charge in [0.05, 0.1) is 12.0 Å². The molecule has 4 heteroatoms. The van der Waals surface area contributed by atoms with Crippen molar-refractivity contribution in [2.24, 2.45) is 5.92 Å². The number of hydrogen-bond acceptors (Lipinski definition) is 2. The lowest BCUT2D eigenvalue weighted by Crippen LogP contribution is -2.35. The average Bonchev–Trinajstić information content (AvgIpc) is 2.72. The highest BCUT2D eigenvalue weighted by Gasteiger charge is 2.32. The standard InChI is InChI=1S/C11H20INO2/c1-2-10-9(5-8-15-10)11(14)13-7-4-3-6-12/h9-10H,2-8H2,1H3,(H,13,14). The highest BCUT2D eigenvalue weighted by Crippen LogP contribution is 2.23. The van der Waals surface area contributed by atoms with E-state index in [-0.39, 0.29) is 17.9 Å². The lowest BCUT2D eigenvalue weighted by molar-refractivity contribution is -0.126. The maximum atomic E-state index is 11.8. The van der Waals surface area contributed by atoms with E-state index in [2.05, 4.69) is 34.8 Å². The lowest BCUT2D eigenvalue weighted by Gasteiger charge is -2.16. The summed E-state index contributed by atoms with van der Waals surface area (Å²) < 4.78 is 6.67. The van der Waals surface area contributed by atoms with Gasteiger partial charge < -0.3 is 10.1 Å². The van der Waals surface area contributed by atoms with Gasteiger partial charge in [0, 0.05) is 13.2 Å². The van der Waals surface area contributed by atoms with Crippen LogP contribution in [-0.4, -0.2) is 29.6 Å². The first-order chi connectivity index (χ1) is 7.29. The van der Waals surface area contributed by atoms with Gasteiger partial charge in [-0.3, -0.25) is 4.79 Å². The van der Waals surface area contributed by atoms with E-state index in [1.54, 1.807) is 0 Å². The summed E-state index contributed by atoms with van der Waals surface area (Å²) >= 11 is 2.36. The summed E-state index contributed by atoms with van der Waals surface area (Å²) in [6.07, 6.45) is 4.23. The van der Waals surface area contributed by atoms with Crippen LogP contribution >= 0.6 is 22.6 Å². The summed E-state index contributed by atoms with van der Waals surface area (Å²) in [7, 11) is 0. The van der Waals surface area contributed by atoms with Gasteiger partial charge in [0.1, 0.15) is 0 Å². The van der Waals surface area contributed by atoms with Crippen molar-refractivity contribution in [3.63, 3.8) is 0 Å². The number of carbonyl (C=O) groups is 1. The molecule has 0 radical (unpaired) electrons. The summed E-state index contributed by atoms with van der Waals surface area (Å²) in [4.78, 5) is 11.8. The zero-order valence-electron chi connectivity index (χ0n) is 9.30. The molecule has 1 heterocycles. The Morgan fingerprint density at radius 3 is 3.00 bits per heavy atom. The molecule has 0 aliphatic carbocycles. The second-order valence-electron chi connectivity index (χ2n) is 3.90. The second kappa shape index (κ2) is 7.44. The third-order valence-corrected chi connectivity index (χ3v) is 3.57. The Bertz CT molecular complexity index is 199. The average molecular weight is 325 g/mol. The normalized spacial score (nSPS) is 25.5. The summed E-state index contributed by atoms with van der Waals surface area (Å²) in [6, 6.07) is 0. The SMILES string of the molecule is CCC1OCCC1C(=O)NCCCCI. The minimum absolute atomic E-state index is 0.0922. The number of alkyl halides is 1. The highest BCUT2D eigenvalue weighted by molar-refractivity contribution is 14.1. The summed E-state index contributed by atoms with van der Waals surface area (Å²) in [5.74, 6) is 0.280. The van der Waals surface area contributed by atoms with E-state index in [9.17, 15) is 4.79 Å². The van der Waals surface area contributed by atoms with E-state index in [1.807, 2.05) is 0 Å². The number of carbonyl (C=O) groups excluding carboxylic acids is 1. The molecule has 0 bridgehead atoms. The molecule has 1 amide bonds. The van der Waals surface area contributed by atoms with Gasteiger partial charge in [0.2, 0.25) is 5.91 Å². The summed E-state index contributed by atoms with van der Waals surface area (Å²) in [6.45, 7) is 3.63. The molecule has 1 fully saturated rings. The predicted molar refractivity (Wildman–Crippen MR) is 69.3 cm³/mol. The van der Waals surface area contributed by atoms with E-state index in [4.69, 9.17) is 4.74 Å². The number of nitrogens with one attached hydrogen (secondary N) is 1. The highest BCUT2D eigenvalue weighted by atomic mass is 127. The van der Waals surface area contributed by atoms with Crippen molar-refractivity contribution < 1.29 is 9.53 Å². The molecule has 3 nitrogen and oxygen atoms in total. The van der Waals surface area contributed by atoms with Crippen LogP contribution in [0.4, 0.5) is 0 Å². The largest absolute Gasteiger partial charge is 0.377 e. The first-order valence-corrected chi connectivity index (χ1v) is 7.27. The van der Waals surface area contributed by atoms with Crippen molar-refractivity contribution in [2.75, 3.05) is 17.6 Å². The molecular formula is C11H20INO2. The smallest absolute Gasteiger partial charge is 0.225 e. The van der Waals surface area contributed by atoms with Crippen LogP contribution in [0.3, 0.4) is 0 Å². The van der Waals surface area contributed by atoms with Crippen LogP contribution in [0.5, 0.6) is 0 Å². The molecule has 1 saturated heterocycles. The van der Waals surface area contributed by atoms with Crippen LogP contribution in [-0.2, 0) is 9.53 Å². The van der Waals surface area contributed by atoms with Gasteiger partial charge in [-0.05, 0) is 30.1 Å². The molecule has 1 aliphatic heterocycles. The van der Waals surface area contributed by atoms with Gasteiger partial charge in [0.15, 0.2) is 0 Å². The van der Waals surface area contributed by atoms with Crippen molar-refractivity contribution in [1.29, 1.82) is 0 Å². The van der Waals surface area contributed by atoms with Gasteiger partial charge in [-0.2, -0.15) is 0 Å². The fourth-order valence-electron chi connectivity index (χ4n) is 1.91. The van der Waals surface area contributed by atoms with E-state index < -0.39 is 0 Å². The van der Waals surface area contributed by atoms with E-state index in [1.165, 1.54) is 6.42 Å². The molecule has 2 unspecified atom stereocenters. The van der Waals surface area contributed by atoms with Gasteiger partial charge in [-0.1, -0.05) is 29.5 Å². The minimum Gasteiger partial charge on any atom is -0.377 e. The van der Waals surface area contributed by atoms with E-state index in [0.717, 1.165) is 36.8 Å². The molecule has 0 aromatic carbocycles. The molecule has 0 spiro atoms. The minimum atomic E-state index is 0.0922. The van der Waals surface area contributed by atoms with Crippen molar-refractivity contribution >= 4 is 28.5 Å². The lowest BCUT2D eigenvalue weighted by atomic mass is 9.99. The Morgan fingerprint density at radius 2 is 2.33 bits per heavy atom. The van der Waals surface area contributed by atoms with Crippen molar-refractivity contribution in [3.8, 4) is 0 Å². The van der Waals surface area contributed by atoms with E-state index in [0.29, 0.717) is 0 Å². The maximum Gasteiger partial charge on any atom is 0.225 e. The zero-order chi connectivity index (χ0) is 11.1. The summed E-state index contributed by atoms with van der Waals surface area (Å²) in [5, 5.41) is 3.00. The first-order valence-electron chi connectivity index (χ1n) is 5.74. The number of ether oxygens (including phenoxy) is 1. The molecule has 1 aliphatic rings. The molecule has 88 valence electrons. The second-order valence-corrected chi connectivity index (χ2v) is 4.98. The van der Waals surface area contributed by atoms with Crippen LogP contribution in [0.1, 0.15) is 32.6 Å². The van der Waals surface area contributed by atoms with Crippen molar-refractivity contribution in [2.45, 2.75) is 38.7 Å². The molecule has 0 aromatic rings. The fraction of sp³-hybridized carbons (Fsp3) is 0.909. The Hall–Kier alpha value is 0.160. The third-order valence-electron chi connectivity index (χ3n) is 2.81. The number of halogens is 1. The monoisotopic (exact) mass is 325 g/mol. The number of amides is 1. The molecule has 2 atom stereocenters. The van der Waals surface area contributed by atoms with Gasteiger partial charge in [-0.15, -0.1) is 0 Å². The molecule has 15 heavy (non-hydrogen) atoms. The van der Waals surface area contributed by atoms with Gasteiger partial charge >= 0.3 is 0 Å². The van der Waals surface area contributed by atoms with Crippen LogP contribution in [0.15, 0.2) is 0 Å². The Balaban J connectivity index is 2.21. The van der Waals surface area contributed by atoms with Gasteiger partial charge in [0.25, 0.3) is 0 Å². The maximum absolute atomic E-state index is 11.8.